The Hall–Kier alpha value is -2.34. The summed E-state index contributed by atoms with van der Waals surface area (Å²) in [4.78, 5) is 23.0. The van der Waals surface area contributed by atoms with E-state index in [0.717, 1.165) is 5.56 Å². The van der Waals surface area contributed by atoms with E-state index < -0.39 is 12.0 Å². The highest BCUT2D eigenvalue weighted by molar-refractivity contribution is 6.31. The lowest BCUT2D eigenvalue weighted by molar-refractivity contribution is -0.119. The van der Waals surface area contributed by atoms with Gasteiger partial charge in [0.1, 0.15) is 6.04 Å². The standard InChI is InChI=1S/C14H14ClN3O3/c1-8-3-4-11(15)5-12(8)17-13(19)9(2)18-7-10(6-16-18)14(20)21/h3-7,9H,1-2H3,(H,17,19)(H,20,21). The number of nitrogens with one attached hydrogen (secondary N) is 1. The van der Waals surface area contributed by atoms with Crippen LogP contribution in [0.25, 0.3) is 0 Å². The Balaban J connectivity index is 2.15. The number of nitrogens with zero attached hydrogens (tertiary/aromatic N) is 2. The number of rotatable bonds is 4. The first kappa shape index (κ1) is 15.1. The predicted molar refractivity (Wildman–Crippen MR) is 78.7 cm³/mol. The molecular formula is C14H14ClN3O3. The minimum absolute atomic E-state index is 0.0357. The minimum Gasteiger partial charge on any atom is -0.478 e. The van der Waals surface area contributed by atoms with Gasteiger partial charge in [-0.3, -0.25) is 9.48 Å². The summed E-state index contributed by atoms with van der Waals surface area (Å²) in [5.41, 5.74) is 1.53. The summed E-state index contributed by atoms with van der Waals surface area (Å²) in [5.74, 6) is -1.39. The molecule has 7 heteroatoms. The number of benzene rings is 1. The van der Waals surface area contributed by atoms with Gasteiger partial charge in [-0.15, -0.1) is 0 Å². The summed E-state index contributed by atoms with van der Waals surface area (Å²) < 4.78 is 1.30. The van der Waals surface area contributed by atoms with Gasteiger partial charge in [-0.05, 0) is 31.5 Å². The second kappa shape index (κ2) is 5.97. The van der Waals surface area contributed by atoms with Gasteiger partial charge in [-0.1, -0.05) is 17.7 Å². The highest BCUT2D eigenvalue weighted by atomic mass is 35.5. The van der Waals surface area contributed by atoms with E-state index in [2.05, 4.69) is 10.4 Å². The van der Waals surface area contributed by atoms with Crippen LogP contribution in [0.3, 0.4) is 0 Å². The third kappa shape index (κ3) is 3.41. The molecule has 1 aromatic carbocycles. The molecule has 1 amide bonds. The van der Waals surface area contributed by atoms with Gasteiger partial charge in [0, 0.05) is 16.9 Å². The summed E-state index contributed by atoms with van der Waals surface area (Å²) in [6.07, 6.45) is 2.52. The first-order valence-corrected chi connectivity index (χ1v) is 6.60. The molecule has 2 N–H and O–H groups in total. The van der Waals surface area contributed by atoms with Crippen molar-refractivity contribution in [2.45, 2.75) is 19.9 Å². The molecule has 21 heavy (non-hydrogen) atoms. The Bertz CT molecular complexity index is 697. The van der Waals surface area contributed by atoms with Crippen molar-refractivity contribution >= 4 is 29.2 Å². The van der Waals surface area contributed by atoms with Crippen LogP contribution in [0.4, 0.5) is 5.69 Å². The van der Waals surface area contributed by atoms with Crippen LogP contribution >= 0.6 is 11.6 Å². The summed E-state index contributed by atoms with van der Waals surface area (Å²) >= 11 is 5.90. The minimum atomic E-state index is -1.08. The molecule has 1 aromatic heterocycles. The normalized spacial score (nSPS) is 12.0. The predicted octanol–water partition coefficient (Wildman–Crippen LogP) is 2.74. The Morgan fingerprint density at radius 2 is 2.14 bits per heavy atom. The van der Waals surface area contributed by atoms with Crippen molar-refractivity contribution in [2.75, 3.05) is 5.32 Å². The topological polar surface area (TPSA) is 84.2 Å². The zero-order valence-electron chi connectivity index (χ0n) is 11.5. The summed E-state index contributed by atoms with van der Waals surface area (Å²) in [5, 5.41) is 16.0. The average molecular weight is 308 g/mol. The maximum absolute atomic E-state index is 12.2. The maximum Gasteiger partial charge on any atom is 0.338 e. The lowest BCUT2D eigenvalue weighted by Crippen LogP contribution is -2.24. The third-order valence-electron chi connectivity index (χ3n) is 3.08. The summed E-state index contributed by atoms with van der Waals surface area (Å²) in [7, 11) is 0. The fourth-order valence-corrected chi connectivity index (χ4v) is 1.92. The van der Waals surface area contributed by atoms with E-state index in [-0.39, 0.29) is 11.5 Å². The van der Waals surface area contributed by atoms with Crippen molar-refractivity contribution in [3.8, 4) is 0 Å². The van der Waals surface area contributed by atoms with E-state index in [1.807, 2.05) is 6.92 Å². The zero-order valence-corrected chi connectivity index (χ0v) is 12.3. The van der Waals surface area contributed by atoms with Gasteiger partial charge in [0.2, 0.25) is 5.91 Å². The number of aromatic carboxylic acids is 1. The fourth-order valence-electron chi connectivity index (χ4n) is 1.75. The third-order valence-corrected chi connectivity index (χ3v) is 3.32. The quantitative estimate of drug-likeness (QED) is 0.909. The van der Waals surface area contributed by atoms with Crippen molar-refractivity contribution in [3.63, 3.8) is 0 Å². The number of hydrogen-bond donors (Lipinski definition) is 2. The maximum atomic E-state index is 12.2. The molecule has 0 aliphatic carbocycles. The molecule has 2 aromatic rings. The van der Waals surface area contributed by atoms with Crippen LogP contribution in [-0.4, -0.2) is 26.8 Å². The molecule has 1 atom stereocenters. The van der Waals surface area contributed by atoms with Crippen LogP contribution in [-0.2, 0) is 4.79 Å². The number of carbonyl (C=O) groups is 2. The molecule has 0 fully saturated rings. The number of amides is 1. The van der Waals surface area contributed by atoms with Crippen LogP contribution in [0, 0.1) is 6.92 Å². The largest absolute Gasteiger partial charge is 0.478 e. The molecule has 0 saturated heterocycles. The Morgan fingerprint density at radius 3 is 2.76 bits per heavy atom. The van der Waals surface area contributed by atoms with Crippen molar-refractivity contribution in [1.82, 2.24) is 9.78 Å². The van der Waals surface area contributed by atoms with Crippen LogP contribution < -0.4 is 5.32 Å². The molecule has 0 aliphatic heterocycles. The number of carbonyl (C=O) groups excluding carboxylic acids is 1. The van der Waals surface area contributed by atoms with Gasteiger partial charge < -0.3 is 10.4 Å². The second-order valence-corrected chi connectivity index (χ2v) is 5.08. The summed E-state index contributed by atoms with van der Waals surface area (Å²) in [6.45, 7) is 3.49. The smallest absolute Gasteiger partial charge is 0.338 e. The average Bonchev–Trinajstić information content (AvgIpc) is 2.91. The first-order chi connectivity index (χ1) is 9.88. The van der Waals surface area contributed by atoms with Crippen LogP contribution in [0.15, 0.2) is 30.6 Å². The van der Waals surface area contributed by atoms with Crippen molar-refractivity contribution in [1.29, 1.82) is 0 Å². The fraction of sp³-hybridized carbons (Fsp3) is 0.214. The van der Waals surface area contributed by atoms with Crippen LogP contribution in [0.2, 0.25) is 5.02 Å². The van der Waals surface area contributed by atoms with E-state index in [1.54, 1.807) is 25.1 Å². The molecule has 0 bridgehead atoms. The first-order valence-electron chi connectivity index (χ1n) is 6.23. The monoisotopic (exact) mass is 307 g/mol. The molecule has 110 valence electrons. The van der Waals surface area contributed by atoms with Crippen LogP contribution in [0.5, 0.6) is 0 Å². The second-order valence-electron chi connectivity index (χ2n) is 4.64. The van der Waals surface area contributed by atoms with E-state index >= 15 is 0 Å². The Morgan fingerprint density at radius 1 is 1.43 bits per heavy atom. The lowest BCUT2D eigenvalue weighted by Gasteiger charge is -2.14. The molecule has 0 aliphatic rings. The molecule has 0 radical (unpaired) electrons. The van der Waals surface area contributed by atoms with Gasteiger partial charge in [-0.2, -0.15) is 5.10 Å². The molecule has 1 heterocycles. The van der Waals surface area contributed by atoms with E-state index in [4.69, 9.17) is 16.7 Å². The van der Waals surface area contributed by atoms with Crippen molar-refractivity contribution in [2.24, 2.45) is 0 Å². The highest BCUT2D eigenvalue weighted by Crippen LogP contribution is 2.21. The molecule has 6 nitrogen and oxygen atoms in total. The molecule has 2 rings (SSSR count). The zero-order chi connectivity index (χ0) is 15.6. The van der Waals surface area contributed by atoms with Gasteiger partial charge in [0.15, 0.2) is 0 Å². The number of anilines is 1. The van der Waals surface area contributed by atoms with E-state index in [1.165, 1.54) is 17.1 Å². The molecule has 0 spiro atoms. The van der Waals surface area contributed by atoms with Crippen LogP contribution in [0.1, 0.15) is 28.9 Å². The number of aryl methyl sites for hydroxylation is 1. The number of aromatic nitrogens is 2. The van der Waals surface area contributed by atoms with E-state index in [0.29, 0.717) is 10.7 Å². The highest BCUT2D eigenvalue weighted by Gasteiger charge is 2.18. The SMILES string of the molecule is Cc1ccc(Cl)cc1NC(=O)C(C)n1cc(C(=O)O)cn1. The number of carboxylic acid groups (broad SMARTS) is 1. The number of carboxylic acids is 1. The Labute approximate surface area is 126 Å². The lowest BCUT2D eigenvalue weighted by atomic mass is 10.2. The van der Waals surface area contributed by atoms with Gasteiger partial charge in [-0.25, -0.2) is 4.79 Å². The van der Waals surface area contributed by atoms with E-state index in [9.17, 15) is 9.59 Å². The number of halogens is 1. The summed E-state index contributed by atoms with van der Waals surface area (Å²) in [6, 6.07) is 4.56. The van der Waals surface area contributed by atoms with Gasteiger partial charge >= 0.3 is 5.97 Å². The van der Waals surface area contributed by atoms with Crippen molar-refractivity contribution < 1.29 is 14.7 Å². The molecule has 1 unspecified atom stereocenters. The molecular weight excluding hydrogens is 294 g/mol. The van der Waals surface area contributed by atoms with Gasteiger partial charge in [0.25, 0.3) is 0 Å². The number of hydrogen-bond acceptors (Lipinski definition) is 3. The molecule has 0 saturated carbocycles. The van der Waals surface area contributed by atoms with Gasteiger partial charge in [0.05, 0.1) is 11.8 Å². The Kier molecular flexibility index (Phi) is 4.28. The van der Waals surface area contributed by atoms with Crippen molar-refractivity contribution in [3.05, 3.63) is 46.7 Å².